The molecular formula is C17H22O2. The van der Waals surface area contributed by atoms with Crippen LogP contribution in [0.25, 0.3) is 5.57 Å². The first-order chi connectivity index (χ1) is 9.19. The van der Waals surface area contributed by atoms with E-state index in [2.05, 4.69) is 25.1 Å². The maximum Gasteiger partial charge on any atom is 0.311 e. The van der Waals surface area contributed by atoms with E-state index in [4.69, 9.17) is 4.74 Å². The first-order valence-corrected chi connectivity index (χ1v) is 7.19. The monoisotopic (exact) mass is 258 g/mol. The molecule has 0 saturated carbocycles. The zero-order valence-electron chi connectivity index (χ0n) is 11.8. The van der Waals surface area contributed by atoms with Crippen LogP contribution in [0.1, 0.15) is 51.5 Å². The Morgan fingerprint density at radius 2 is 2.05 bits per heavy atom. The normalized spacial score (nSPS) is 18.8. The highest BCUT2D eigenvalue weighted by Gasteiger charge is 2.11. The van der Waals surface area contributed by atoms with Gasteiger partial charge in [-0.1, -0.05) is 32.1 Å². The van der Waals surface area contributed by atoms with E-state index in [1.54, 1.807) is 0 Å². The van der Waals surface area contributed by atoms with E-state index in [9.17, 15) is 4.79 Å². The van der Waals surface area contributed by atoms with Crippen LogP contribution in [0.2, 0.25) is 0 Å². The van der Waals surface area contributed by atoms with Gasteiger partial charge in [0.15, 0.2) is 0 Å². The molecule has 2 rings (SSSR count). The van der Waals surface area contributed by atoms with Crippen molar-refractivity contribution in [1.82, 2.24) is 0 Å². The number of benzene rings is 1. The average Bonchev–Trinajstić information content (AvgIpc) is 2.41. The lowest BCUT2D eigenvalue weighted by Gasteiger charge is -2.18. The topological polar surface area (TPSA) is 26.3 Å². The van der Waals surface area contributed by atoms with Crippen LogP contribution in [0.15, 0.2) is 30.3 Å². The third kappa shape index (κ3) is 3.95. The van der Waals surface area contributed by atoms with Crippen molar-refractivity contribution < 1.29 is 9.53 Å². The standard InChI is InChI=1S/C17H22O2/c1-3-4-17(18)19-16-11-9-15(10-12-16)14-7-5-13(2)6-8-14/h7,9-13H,3-6,8H2,1-2H3. The van der Waals surface area contributed by atoms with Gasteiger partial charge in [-0.05, 0) is 54.9 Å². The van der Waals surface area contributed by atoms with Crippen LogP contribution in [-0.2, 0) is 4.79 Å². The van der Waals surface area contributed by atoms with Crippen LogP contribution in [0.4, 0.5) is 0 Å². The fourth-order valence-corrected chi connectivity index (χ4v) is 2.35. The van der Waals surface area contributed by atoms with Gasteiger partial charge in [0.2, 0.25) is 0 Å². The number of carbonyl (C=O) groups excluding carboxylic acids is 1. The molecule has 1 atom stereocenters. The molecule has 2 nitrogen and oxygen atoms in total. The second-order valence-corrected chi connectivity index (χ2v) is 5.36. The summed E-state index contributed by atoms with van der Waals surface area (Å²) in [6.45, 7) is 4.27. The van der Waals surface area contributed by atoms with Crippen LogP contribution in [0.3, 0.4) is 0 Å². The van der Waals surface area contributed by atoms with Crippen molar-refractivity contribution in [3.63, 3.8) is 0 Å². The van der Waals surface area contributed by atoms with Gasteiger partial charge in [0.25, 0.3) is 0 Å². The Morgan fingerprint density at radius 3 is 2.63 bits per heavy atom. The van der Waals surface area contributed by atoms with E-state index in [1.165, 1.54) is 24.0 Å². The number of esters is 1. The van der Waals surface area contributed by atoms with Gasteiger partial charge in [0, 0.05) is 6.42 Å². The lowest BCUT2D eigenvalue weighted by atomic mass is 9.88. The van der Waals surface area contributed by atoms with Crippen molar-refractivity contribution in [2.75, 3.05) is 0 Å². The van der Waals surface area contributed by atoms with E-state index in [-0.39, 0.29) is 5.97 Å². The second kappa shape index (κ2) is 6.55. The van der Waals surface area contributed by atoms with Gasteiger partial charge >= 0.3 is 5.97 Å². The van der Waals surface area contributed by atoms with E-state index < -0.39 is 0 Å². The first-order valence-electron chi connectivity index (χ1n) is 7.19. The molecule has 1 aromatic carbocycles. The van der Waals surface area contributed by atoms with Crippen LogP contribution in [0.5, 0.6) is 5.75 Å². The van der Waals surface area contributed by atoms with Gasteiger partial charge < -0.3 is 4.74 Å². The van der Waals surface area contributed by atoms with Gasteiger partial charge in [-0.25, -0.2) is 0 Å². The summed E-state index contributed by atoms with van der Waals surface area (Å²) in [5, 5.41) is 0. The Kier molecular flexibility index (Phi) is 4.78. The summed E-state index contributed by atoms with van der Waals surface area (Å²) in [6, 6.07) is 7.89. The van der Waals surface area contributed by atoms with E-state index in [1.807, 2.05) is 19.1 Å². The van der Waals surface area contributed by atoms with E-state index >= 15 is 0 Å². The van der Waals surface area contributed by atoms with Crippen molar-refractivity contribution in [1.29, 1.82) is 0 Å². The maximum absolute atomic E-state index is 11.4. The number of hydrogen-bond acceptors (Lipinski definition) is 2. The van der Waals surface area contributed by atoms with Crippen molar-refractivity contribution in [3.05, 3.63) is 35.9 Å². The number of hydrogen-bond donors (Lipinski definition) is 0. The average molecular weight is 258 g/mol. The van der Waals surface area contributed by atoms with Crippen LogP contribution >= 0.6 is 0 Å². The third-order valence-electron chi connectivity index (χ3n) is 3.58. The minimum atomic E-state index is -0.152. The summed E-state index contributed by atoms with van der Waals surface area (Å²) in [5.74, 6) is 1.30. The largest absolute Gasteiger partial charge is 0.427 e. The van der Waals surface area contributed by atoms with Gasteiger partial charge in [-0.2, -0.15) is 0 Å². The van der Waals surface area contributed by atoms with Crippen molar-refractivity contribution in [2.24, 2.45) is 5.92 Å². The Hall–Kier alpha value is -1.57. The molecule has 0 aliphatic heterocycles. The fraction of sp³-hybridized carbons (Fsp3) is 0.471. The van der Waals surface area contributed by atoms with E-state index in [0.29, 0.717) is 12.2 Å². The first kappa shape index (κ1) is 13.9. The van der Waals surface area contributed by atoms with Crippen molar-refractivity contribution in [3.8, 4) is 5.75 Å². The minimum Gasteiger partial charge on any atom is -0.427 e. The number of ether oxygens (including phenoxy) is 1. The molecular weight excluding hydrogens is 236 g/mol. The molecule has 0 amide bonds. The molecule has 1 unspecified atom stereocenters. The van der Waals surface area contributed by atoms with Gasteiger partial charge in [-0.3, -0.25) is 4.79 Å². The lowest BCUT2D eigenvalue weighted by Crippen LogP contribution is -2.06. The Bertz CT molecular complexity index is 457. The molecule has 102 valence electrons. The molecule has 0 heterocycles. The summed E-state index contributed by atoms with van der Waals surface area (Å²) >= 11 is 0. The highest BCUT2D eigenvalue weighted by molar-refractivity contribution is 5.73. The van der Waals surface area contributed by atoms with E-state index in [0.717, 1.165) is 18.8 Å². The maximum atomic E-state index is 11.4. The highest BCUT2D eigenvalue weighted by Crippen LogP contribution is 2.30. The summed E-state index contributed by atoms with van der Waals surface area (Å²) in [5.41, 5.74) is 2.67. The summed E-state index contributed by atoms with van der Waals surface area (Å²) in [4.78, 5) is 11.4. The SMILES string of the molecule is CCCC(=O)Oc1ccc(C2=CCC(C)CC2)cc1. The van der Waals surface area contributed by atoms with Gasteiger partial charge in [-0.15, -0.1) is 0 Å². The second-order valence-electron chi connectivity index (χ2n) is 5.36. The lowest BCUT2D eigenvalue weighted by molar-refractivity contribution is -0.134. The molecule has 1 aliphatic rings. The molecule has 1 aliphatic carbocycles. The predicted molar refractivity (Wildman–Crippen MR) is 78.0 cm³/mol. The smallest absolute Gasteiger partial charge is 0.311 e. The summed E-state index contributed by atoms with van der Waals surface area (Å²) in [7, 11) is 0. The number of rotatable bonds is 4. The fourth-order valence-electron chi connectivity index (χ4n) is 2.35. The Labute approximate surface area is 115 Å². The quantitative estimate of drug-likeness (QED) is 0.583. The molecule has 0 saturated heterocycles. The summed E-state index contributed by atoms with van der Waals surface area (Å²) < 4.78 is 5.26. The van der Waals surface area contributed by atoms with Crippen LogP contribution < -0.4 is 4.74 Å². The predicted octanol–water partition coefficient (Wildman–Crippen LogP) is 4.60. The molecule has 0 spiro atoms. The van der Waals surface area contributed by atoms with Crippen molar-refractivity contribution >= 4 is 11.5 Å². The number of carbonyl (C=O) groups is 1. The molecule has 1 aromatic rings. The summed E-state index contributed by atoms with van der Waals surface area (Å²) in [6.07, 6.45) is 7.22. The Morgan fingerprint density at radius 1 is 1.32 bits per heavy atom. The minimum absolute atomic E-state index is 0.152. The highest BCUT2D eigenvalue weighted by atomic mass is 16.5. The molecule has 0 N–H and O–H groups in total. The van der Waals surface area contributed by atoms with Crippen molar-refractivity contribution in [2.45, 2.75) is 46.0 Å². The van der Waals surface area contributed by atoms with Crippen LogP contribution in [0, 0.1) is 5.92 Å². The zero-order chi connectivity index (χ0) is 13.7. The molecule has 0 radical (unpaired) electrons. The third-order valence-corrected chi connectivity index (χ3v) is 3.58. The Balaban J connectivity index is 2.00. The van der Waals surface area contributed by atoms with Gasteiger partial charge in [0.05, 0.1) is 0 Å². The van der Waals surface area contributed by atoms with Crippen LogP contribution in [-0.4, -0.2) is 5.97 Å². The number of allylic oxidation sites excluding steroid dienone is 2. The zero-order valence-corrected chi connectivity index (χ0v) is 11.8. The molecule has 0 fully saturated rings. The molecule has 2 heteroatoms. The molecule has 0 aromatic heterocycles. The van der Waals surface area contributed by atoms with Gasteiger partial charge in [0.1, 0.15) is 5.75 Å². The molecule has 19 heavy (non-hydrogen) atoms. The molecule has 0 bridgehead atoms.